The molecule has 0 saturated heterocycles. The molecule has 74 valence electrons. The van der Waals surface area contributed by atoms with Gasteiger partial charge in [0.15, 0.2) is 0 Å². The summed E-state index contributed by atoms with van der Waals surface area (Å²) in [6.45, 7) is 0. The number of aromatic amines is 1. The summed E-state index contributed by atoms with van der Waals surface area (Å²) in [5, 5.41) is 7.68. The smallest absolute Gasteiger partial charge is 0.139 e. The number of hydrogen-bond donors (Lipinski definition) is 2. The summed E-state index contributed by atoms with van der Waals surface area (Å²) in [6.07, 6.45) is 3.70. The Balaban J connectivity index is 2.07. The first kappa shape index (κ1) is 8.49. The van der Waals surface area contributed by atoms with Gasteiger partial charge in [-0.15, -0.1) is 11.3 Å². The Morgan fingerprint density at radius 3 is 3.13 bits per heavy atom. The van der Waals surface area contributed by atoms with Gasteiger partial charge in [0.05, 0.1) is 10.7 Å². The molecule has 0 unspecified atom stereocenters. The van der Waals surface area contributed by atoms with Gasteiger partial charge in [0, 0.05) is 17.8 Å². The van der Waals surface area contributed by atoms with Crippen molar-refractivity contribution in [3.63, 3.8) is 0 Å². The number of H-pyrrole nitrogens is 1. The second kappa shape index (κ2) is 3.40. The molecule has 0 aliphatic carbocycles. The van der Waals surface area contributed by atoms with Gasteiger partial charge < -0.3 is 10.3 Å². The molecule has 15 heavy (non-hydrogen) atoms. The third kappa shape index (κ3) is 1.49. The van der Waals surface area contributed by atoms with E-state index in [4.69, 9.17) is 0 Å². The van der Waals surface area contributed by atoms with E-state index in [-0.39, 0.29) is 0 Å². The Kier molecular flexibility index (Phi) is 1.93. The molecule has 3 aromatic heterocycles. The van der Waals surface area contributed by atoms with Crippen molar-refractivity contribution in [1.29, 1.82) is 0 Å². The quantitative estimate of drug-likeness (QED) is 0.688. The van der Waals surface area contributed by atoms with E-state index in [0.717, 1.165) is 21.7 Å². The predicted octanol–water partition coefficient (Wildman–Crippen LogP) is 3.37. The fourth-order valence-electron chi connectivity index (χ4n) is 1.55. The van der Waals surface area contributed by atoms with E-state index in [1.165, 1.54) is 0 Å². The van der Waals surface area contributed by atoms with Crippen LogP contribution >= 0.6 is 11.3 Å². The number of rotatable bonds is 2. The summed E-state index contributed by atoms with van der Waals surface area (Å²) in [6, 6.07) is 8.10. The minimum absolute atomic E-state index is 0.913. The lowest BCUT2D eigenvalue weighted by atomic mass is 10.3. The fraction of sp³-hybridized carbons (Fsp3) is 0. The van der Waals surface area contributed by atoms with E-state index in [1.807, 2.05) is 24.4 Å². The van der Waals surface area contributed by atoms with Crippen LogP contribution in [0.15, 0.2) is 42.0 Å². The van der Waals surface area contributed by atoms with Crippen LogP contribution in [0.3, 0.4) is 0 Å². The van der Waals surface area contributed by atoms with Gasteiger partial charge in [0.2, 0.25) is 0 Å². The molecule has 0 amide bonds. The summed E-state index contributed by atoms with van der Waals surface area (Å²) >= 11 is 1.69. The van der Waals surface area contributed by atoms with Gasteiger partial charge in [0.25, 0.3) is 0 Å². The highest BCUT2D eigenvalue weighted by molar-refractivity contribution is 7.14. The maximum absolute atomic E-state index is 4.24. The molecule has 3 aromatic rings. The highest BCUT2D eigenvalue weighted by atomic mass is 32.1. The van der Waals surface area contributed by atoms with Crippen LogP contribution in [-0.4, -0.2) is 9.97 Å². The predicted molar refractivity (Wildman–Crippen MR) is 63.7 cm³/mol. The highest BCUT2D eigenvalue weighted by Crippen LogP contribution is 2.26. The van der Waals surface area contributed by atoms with Crippen LogP contribution in [0.2, 0.25) is 0 Å². The average molecular weight is 215 g/mol. The van der Waals surface area contributed by atoms with Gasteiger partial charge in [-0.1, -0.05) is 0 Å². The minimum Gasteiger partial charge on any atom is -0.347 e. The topological polar surface area (TPSA) is 40.7 Å². The monoisotopic (exact) mass is 215 g/mol. The minimum atomic E-state index is 0.913. The molecule has 3 rings (SSSR count). The standard InChI is InChI=1S/C11H9N3S/c1-2-10(15-7-1)14-9-4-6-13-11-8(9)3-5-12-11/h1-7H,(H2,12,13,14). The van der Waals surface area contributed by atoms with Crippen molar-refractivity contribution in [2.75, 3.05) is 5.32 Å². The van der Waals surface area contributed by atoms with Crippen LogP contribution in [-0.2, 0) is 0 Å². The zero-order valence-electron chi connectivity index (χ0n) is 7.90. The number of nitrogens with zero attached hydrogens (tertiary/aromatic N) is 1. The first-order valence-electron chi connectivity index (χ1n) is 4.66. The molecule has 0 aliphatic heterocycles. The van der Waals surface area contributed by atoms with Gasteiger partial charge >= 0.3 is 0 Å². The average Bonchev–Trinajstić information content (AvgIpc) is 2.87. The molecular weight excluding hydrogens is 206 g/mol. The van der Waals surface area contributed by atoms with E-state index in [2.05, 4.69) is 26.7 Å². The summed E-state index contributed by atoms with van der Waals surface area (Å²) < 4.78 is 0. The van der Waals surface area contributed by atoms with E-state index in [0.29, 0.717) is 0 Å². The third-order valence-corrected chi connectivity index (χ3v) is 3.02. The lowest BCUT2D eigenvalue weighted by Crippen LogP contribution is -1.88. The molecule has 0 atom stereocenters. The van der Waals surface area contributed by atoms with Crippen molar-refractivity contribution in [3.05, 3.63) is 42.0 Å². The third-order valence-electron chi connectivity index (χ3n) is 2.24. The maximum Gasteiger partial charge on any atom is 0.139 e. The SMILES string of the molecule is c1csc(Nc2ccnc3[nH]ccc23)c1. The lowest BCUT2D eigenvalue weighted by Gasteiger charge is -2.03. The van der Waals surface area contributed by atoms with Crippen LogP contribution < -0.4 is 5.32 Å². The number of nitrogens with one attached hydrogen (secondary N) is 2. The first-order chi connectivity index (χ1) is 7.43. The number of pyridine rings is 1. The molecule has 0 aliphatic rings. The fourth-order valence-corrected chi connectivity index (χ4v) is 2.18. The second-order valence-corrected chi connectivity index (χ2v) is 4.15. The highest BCUT2D eigenvalue weighted by Gasteiger charge is 2.02. The van der Waals surface area contributed by atoms with Crippen molar-refractivity contribution in [2.45, 2.75) is 0 Å². The van der Waals surface area contributed by atoms with E-state index >= 15 is 0 Å². The summed E-state index contributed by atoms with van der Waals surface area (Å²) in [5.41, 5.74) is 2.00. The number of hydrogen-bond acceptors (Lipinski definition) is 3. The maximum atomic E-state index is 4.24. The number of anilines is 2. The van der Waals surface area contributed by atoms with Gasteiger partial charge in [-0.05, 0) is 29.6 Å². The Morgan fingerprint density at radius 2 is 2.27 bits per heavy atom. The zero-order chi connectivity index (χ0) is 10.1. The molecule has 3 nitrogen and oxygen atoms in total. The molecule has 2 N–H and O–H groups in total. The Bertz CT molecular complexity index is 568. The normalized spacial score (nSPS) is 10.7. The van der Waals surface area contributed by atoms with Crippen molar-refractivity contribution < 1.29 is 0 Å². The van der Waals surface area contributed by atoms with Gasteiger partial charge in [-0.2, -0.15) is 0 Å². The van der Waals surface area contributed by atoms with Crippen LogP contribution in [0.4, 0.5) is 10.7 Å². The van der Waals surface area contributed by atoms with Crippen LogP contribution in [0.1, 0.15) is 0 Å². The Morgan fingerprint density at radius 1 is 1.27 bits per heavy atom. The molecule has 0 fully saturated rings. The lowest BCUT2D eigenvalue weighted by molar-refractivity contribution is 1.32. The first-order valence-corrected chi connectivity index (χ1v) is 5.54. The van der Waals surface area contributed by atoms with Crippen molar-refractivity contribution in [3.8, 4) is 0 Å². The van der Waals surface area contributed by atoms with E-state index < -0.39 is 0 Å². The number of fused-ring (bicyclic) bond motifs is 1. The molecule has 4 heteroatoms. The van der Waals surface area contributed by atoms with Crippen LogP contribution in [0.5, 0.6) is 0 Å². The molecule has 0 aromatic carbocycles. The van der Waals surface area contributed by atoms with Gasteiger partial charge in [-0.3, -0.25) is 0 Å². The Hall–Kier alpha value is -1.81. The number of thiophene rings is 1. The molecular formula is C11H9N3S. The van der Waals surface area contributed by atoms with Crippen LogP contribution in [0.25, 0.3) is 11.0 Å². The van der Waals surface area contributed by atoms with E-state index in [9.17, 15) is 0 Å². The van der Waals surface area contributed by atoms with Crippen molar-refractivity contribution >= 4 is 33.1 Å². The second-order valence-electron chi connectivity index (χ2n) is 3.20. The molecule has 0 saturated carbocycles. The molecule has 0 spiro atoms. The van der Waals surface area contributed by atoms with E-state index in [1.54, 1.807) is 17.5 Å². The van der Waals surface area contributed by atoms with Crippen molar-refractivity contribution in [2.24, 2.45) is 0 Å². The summed E-state index contributed by atoms with van der Waals surface area (Å²) in [4.78, 5) is 7.33. The van der Waals surface area contributed by atoms with Gasteiger partial charge in [0.1, 0.15) is 5.65 Å². The zero-order valence-corrected chi connectivity index (χ0v) is 8.71. The van der Waals surface area contributed by atoms with Crippen molar-refractivity contribution in [1.82, 2.24) is 9.97 Å². The number of aromatic nitrogens is 2. The summed E-state index contributed by atoms with van der Waals surface area (Å²) in [5.74, 6) is 0. The summed E-state index contributed by atoms with van der Waals surface area (Å²) in [7, 11) is 0. The van der Waals surface area contributed by atoms with Gasteiger partial charge in [-0.25, -0.2) is 4.98 Å². The van der Waals surface area contributed by atoms with Crippen LogP contribution in [0, 0.1) is 0 Å². The molecule has 3 heterocycles. The largest absolute Gasteiger partial charge is 0.347 e. The Labute approximate surface area is 90.8 Å². The molecule has 0 bridgehead atoms. The molecule has 0 radical (unpaired) electrons.